The molecule has 0 atom stereocenters. The highest BCUT2D eigenvalue weighted by molar-refractivity contribution is 14.1. The Hall–Kier alpha value is -1.97. The third kappa shape index (κ3) is 2.82. The summed E-state index contributed by atoms with van der Waals surface area (Å²) in [6.45, 7) is 0. The van der Waals surface area contributed by atoms with Gasteiger partial charge in [0.15, 0.2) is 17.3 Å². The van der Waals surface area contributed by atoms with Gasteiger partial charge in [-0.05, 0) is 40.8 Å². The topological polar surface area (TPSA) is 74.4 Å². The molecule has 22 heavy (non-hydrogen) atoms. The van der Waals surface area contributed by atoms with E-state index in [0.717, 1.165) is 7.11 Å². The number of esters is 1. The molecule has 0 aliphatic carbocycles. The number of ether oxygens (including phenoxy) is 2. The maximum Gasteiger partial charge on any atom is 0.360 e. The molecule has 0 saturated carbocycles. The molecule has 0 radical (unpaired) electrons. The summed E-state index contributed by atoms with van der Waals surface area (Å²) in [4.78, 5) is 15.6. The van der Waals surface area contributed by atoms with E-state index in [-0.39, 0.29) is 22.7 Å². The van der Waals surface area contributed by atoms with E-state index < -0.39 is 23.3 Å². The Labute approximate surface area is 138 Å². The number of carbonyl (C=O) groups excluding carboxylic acids is 1. The molecule has 0 bridgehead atoms. The first-order valence-electron chi connectivity index (χ1n) is 5.97. The molecule has 0 unspecified atom stereocenters. The lowest BCUT2D eigenvalue weighted by atomic mass is 10.1. The van der Waals surface area contributed by atoms with Crippen molar-refractivity contribution >= 4 is 34.2 Å². The van der Waals surface area contributed by atoms with Crippen molar-refractivity contribution in [1.82, 2.24) is 4.98 Å². The second-order valence-electron chi connectivity index (χ2n) is 4.19. The smallest absolute Gasteiger partial charge is 0.360 e. The van der Waals surface area contributed by atoms with Crippen LogP contribution in [0.2, 0.25) is 0 Å². The molecule has 8 heteroatoms. The van der Waals surface area contributed by atoms with Gasteiger partial charge in [-0.15, -0.1) is 0 Å². The van der Waals surface area contributed by atoms with Crippen LogP contribution in [0.5, 0.6) is 5.75 Å². The van der Waals surface area contributed by atoms with Crippen molar-refractivity contribution in [2.75, 3.05) is 20.0 Å². The van der Waals surface area contributed by atoms with E-state index in [0.29, 0.717) is 3.57 Å². The van der Waals surface area contributed by atoms with Gasteiger partial charge in [-0.1, -0.05) is 0 Å². The Kier molecular flexibility index (Phi) is 4.79. The van der Waals surface area contributed by atoms with Gasteiger partial charge in [0.05, 0.1) is 14.2 Å². The number of nitrogens with two attached hydrogens (primary N) is 1. The first-order chi connectivity index (χ1) is 10.4. The summed E-state index contributed by atoms with van der Waals surface area (Å²) >= 11 is 1.92. The van der Waals surface area contributed by atoms with Crippen molar-refractivity contribution < 1.29 is 23.0 Å². The summed E-state index contributed by atoms with van der Waals surface area (Å²) in [6, 6.07) is 4.16. The maximum atomic E-state index is 14.4. The summed E-state index contributed by atoms with van der Waals surface area (Å²) in [5.41, 5.74) is 4.38. The number of carbonyl (C=O) groups is 1. The Bertz CT molecular complexity index is 753. The number of pyridine rings is 1. The molecule has 0 fully saturated rings. The number of nitrogen functional groups attached to an aromatic ring is 1. The van der Waals surface area contributed by atoms with Crippen LogP contribution in [0.15, 0.2) is 18.2 Å². The molecule has 1 aromatic carbocycles. The van der Waals surface area contributed by atoms with Crippen LogP contribution in [0.1, 0.15) is 10.5 Å². The molecule has 0 saturated heterocycles. The summed E-state index contributed by atoms with van der Waals surface area (Å²) in [7, 11) is 2.35. The minimum Gasteiger partial charge on any atom is -0.492 e. The number of hydrogen-bond acceptors (Lipinski definition) is 5. The number of nitrogens with zero attached hydrogens (tertiary/aromatic N) is 1. The predicted molar refractivity (Wildman–Crippen MR) is 84.6 cm³/mol. The van der Waals surface area contributed by atoms with Crippen molar-refractivity contribution in [2.45, 2.75) is 0 Å². The third-order valence-corrected chi connectivity index (χ3v) is 3.57. The molecule has 1 heterocycles. The zero-order valence-corrected chi connectivity index (χ0v) is 13.8. The fourth-order valence-corrected chi connectivity index (χ4v) is 2.32. The van der Waals surface area contributed by atoms with E-state index >= 15 is 0 Å². The van der Waals surface area contributed by atoms with Gasteiger partial charge in [0.1, 0.15) is 17.2 Å². The third-order valence-electron chi connectivity index (χ3n) is 2.90. The van der Waals surface area contributed by atoms with E-state index in [2.05, 4.69) is 9.72 Å². The summed E-state index contributed by atoms with van der Waals surface area (Å²) < 4.78 is 38.5. The lowest BCUT2D eigenvalue weighted by molar-refractivity contribution is 0.0590. The molecule has 0 aliphatic heterocycles. The highest BCUT2D eigenvalue weighted by Crippen LogP contribution is 2.35. The van der Waals surface area contributed by atoms with Crippen molar-refractivity contribution in [2.24, 2.45) is 0 Å². The summed E-state index contributed by atoms with van der Waals surface area (Å²) in [5.74, 6) is -2.77. The Morgan fingerprint density at radius 3 is 2.55 bits per heavy atom. The number of benzene rings is 1. The molecule has 0 spiro atoms. The van der Waals surface area contributed by atoms with Crippen LogP contribution in [0.25, 0.3) is 11.3 Å². The molecule has 1 aromatic heterocycles. The number of anilines is 1. The monoisotopic (exact) mass is 420 g/mol. The van der Waals surface area contributed by atoms with Gasteiger partial charge in [0.2, 0.25) is 0 Å². The standard InChI is InChI=1S/C14H11F2IN2O3/c1-21-13-10(18)9(16)11(19-12(13)14(20)22-2)7-4-3-6(17)5-8(7)15/h3-5H,1-2H3,(H2,18,19). The molecule has 0 amide bonds. The highest BCUT2D eigenvalue weighted by atomic mass is 127. The van der Waals surface area contributed by atoms with Gasteiger partial charge in [0.25, 0.3) is 0 Å². The number of methoxy groups -OCH3 is 2. The van der Waals surface area contributed by atoms with Gasteiger partial charge >= 0.3 is 5.97 Å². The summed E-state index contributed by atoms with van der Waals surface area (Å²) in [5, 5.41) is 0. The lowest BCUT2D eigenvalue weighted by Crippen LogP contribution is -2.12. The first-order valence-corrected chi connectivity index (χ1v) is 7.05. The van der Waals surface area contributed by atoms with Crippen LogP contribution in [-0.4, -0.2) is 25.2 Å². The Morgan fingerprint density at radius 1 is 1.32 bits per heavy atom. The molecular weight excluding hydrogens is 409 g/mol. The summed E-state index contributed by atoms with van der Waals surface area (Å²) in [6.07, 6.45) is 0. The number of aromatic nitrogens is 1. The van der Waals surface area contributed by atoms with Crippen LogP contribution in [0.4, 0.5) is 14.5 Å². The number of halogens is 3. The van der Waals surface area contributed by atoms with Crippen molar-refractivity contribution in [3.8, 4) is 17.0 Å². The van der Waals surface area contributed by atoms with Crippen molar-refractivity contribution in [3.05, 3.63) is 39.1 Å². The zero-order chi connectivity index (χ0) is 16.4. The second-order valence-corrected chi connectivity index (χ2v) is 5.43. The van der Waals surface area contributed by atoms with E-state index in [1.807, 2.05) is 22.6 Å². The van der Waals surface area contributed by atoms with Crippen LogP contribution in [0.3, 0.4) is 0 Å². The average molecular weight is 420 g/mol. The van der Waals surface area contributed by atoms with Crippen molar-refractivity contribution in [1.29, 1.82) is 0 Å². The zero-order valence-electron chi connectivity index (χ0n) is 11.6. The second kappa shape index (κ2) is 6.42. The average Bonchev–Trinajstić information content (AvgIpc) is 2.49. The largest absolute Gasteiger partial charge is 0.492 e. The van der Waals surface area contributed by atoms with Gasteiger partial charge in [-0.2, -0.15) is 0 Å². The number of rotatable bonds is 3. The van der Waals surface area contributed by atoms with Crippen LogP contribution < -0.4 is 10.5 Å². The van der Waals surface area contributed by atoms with E-state index in [1.54, 1.807) is 6.07 Å². The lowest BCUT2D eigenvalue weighted by Gasteiger charge is -2.13. The van der Waals surface area contributed by atoms with Gasteiger partial charge in [-0.25, -0.2) is 18.6 Å². The SMILES string of the molecule is COC(=O)c1nc(-c2ccc(I)cc2F)c(F)c(N)c1OC. The van der Waals surface area contributed by atoms with Crippen molar-refractivity contribution in [3.63, 3.8) is 0 Å². The maximum absolute atomic E-state index is 14.4. The normalized spacial score (nSPS) is 10.4. The Balaban J connectivity index is 2.76. The predicted octanol–water partition coefficient (Wildman–Crippen LogP) is 3.01. The van der Waals surface area contributed by atoms with E-state index in [4.69, 9.17) is 10.5 Å². The van der Waals surface area contributed by atoms with Gasteiger partial charge in [-0.3, -0.25) is 0 Å². The first kappa shape index (κ1) is 16.4. The molecule has 2 aromatic rings. The molecule has 2 rings (SSSR count). The fraction of sp³-hybridized carbons (Fsp3) is 0.143. The van der Waals surface area contributed by atoms with E-state index in [9.17, 15) is 13.6 Å². The fourth-order valence-electron chi connectivity index (χ4n) is 1.87. The molecule has 116 valence electrons. The molecular formula is C14H11F2IN2O3. The quantitative estimate of drug-likeness (QED) is 0.611. The minimum atomic E-state index is -0.968. The molecule has 5 nitrogen and oxygen atoms in total. The highest BCUT2D eigenvalue weighted by Gasteiger charge is 2.25. The van der Waals surface area contributed by atoms with Gasteiger partial charge in [0, 0.05) is 9.13 Å². The van der Waals surface area contributed by atoms with Crippen LogP contribution >= 0.6 is 22.6 Å². The van der Waals surface area contributed by atoms with Gasteiger partial charge < -0.3 is 15.2 Å². The Morgan fingerprint density at radius 2 is 2.00 bits per heavy atom. The molecule has 0 aliphatic rings. The number of hydrogen-bond donors (Lipinski definition) is 1. The molecule has 2 N–H and O–H groups in total. The van der Waals surface area contributed by atoms with E-state index in [1.165, 1.54) is 19.2 Å². The van der Waals surface area contributed by atoms with Crippen LogP contribution in [-0.2, 0) is 4.74 Å². The minimum absolute atomic E-state index is 0.113. The van der Waals surface area contributed by atoms with Crippen LogP contribution in [0, 0.1) is 15.2 Å².